The van der Waals surface area contributed by atoms with Gasteiger partial charge in [0.1, 0.15) is 0 Å². The van der Waals surface area contributed by atoms with Gasteiger partial charge in [0, 0.05) is 17.2 Å². The van der Waals surface area contributed by atoms with Crippen molar-refractivity contribution < 1.29 is 4.79 Å². The molecule has 0 aliphatic carbocycles. The molecule has 0 aliphatic heterocycles. The summed E-state index contributed by atoms with van der Waals surface area (Å²) in [6.07, 6.45) is 0. The van der Waals surface area contributed by atoms with Crippen LogP contribution in [0.5, 0.6) is 0 Å². The Hall–Kier alpha value is -0.940. The number of carbonyl (C=O) groups is 1. The summed E-state index contributed by atoms with van der Waals surface area (Å²) in [7, 11) is 1.85. The molecule has 2 rings (SSSR count). The smallest absolute Gasteiger partial charge is 0.207 e. The van der Waals surface area contributed by atoms with Crippen LogP contribution >= 0.6 is 27.3 Å². The summed E-state index contributed by atoms with van der Waals surface area (Å²) in [5, 5.41) is 6.16. The lowest BCUT2D eigenvalue weighted by Crippen LogP contribution is -2.03. The van der Waals surface area contributed by atoms with Gasteiger partial charge in [-0.1, -0.05) is 0 Å². The van der Waals surface area contributed by atoms with Crippen molar-refractivity contribution in [3.8, 4) is 0 Å². The highest BCUT2D eigenvalue weighted by atomic mass is 79.9. The van der Waals surface area contributed by atoms with E-state index in [1.165, 1.54) is 11.3 Å². The maximum Gasteiger partial charge on any atom is 0.207 e. The molecule has 0 saturated heterocycles. The first-order valence-corrected chi connectivity index (χ1v) is 6.47. The Bertz CT molecular complexity index is 556. The maximum absolute atomic E-state index is 12.3. The Kier molecular flexibility index (Phi) is 2.99. The molecule has 0 amide bonds. The van der Waals surface area contributed by atoms with Crippen molar-refractivity contribution in [3.05, 3.63) is 37.7 Å². The fourth-order valence-corrected chi connectivity index (χ4v) is 3.17. The maximum atomic E-state index is 12.3. The average Bonchev–Trinajstić information content (AvgIpc) is 2.73. The normalized spacial score (nSPS) is 10.8. The van der Waals surface area contributed by atoms with Gasteiger partial charge >= 0.3 is 0 Å². The van der Waals surface area contributed by atoms with Gasteiger partial charge in [0.15, 0.2) is 0 Å². The number of ketones is 1. The van der Waals surface area contributed by atoms with Crippen LogP contribution in [0.1, 0.15) is 26.6 Å². The molecule has 3 nitrogen and oxygen atoms in total. The summed E-state index contributed by atoms with van der Waals surface area (Å²) >= 11 is 4.83. The lowest BCUT2D eigenvalue weighted by atomic mass is 10.1. The van der Waals surface area contributed by atoms with Crippen LogP contribution < -0.4 is 0 Å². The Balaban J connectivity index is 2.54. The predicted octanol–water partition coefficient (Wildman–Crippen LogP) is 3.09. The van der Waals surface area contributed by atoms with Crippen LogP contribution in [0.25, 0.3) is 0 Å². The van der Waals surface area contributed by atoms with Crippen molar-refractivity contribution in [1.29, 1.82) is 0 Å². The van der Waals surface area contributed by atoms with Gasteiger partial charge in [0.25, 0.3) is 0 Å². The van der Waals surface area contributed by atoms with E-state index >= 15 is 0 Å². The minimum absolute atomic E-state index is 0.0463. The predicted molar refractivity (Wildman–Crippen MR) is 68.1 cm³/mol. The highest BCUT2D eigenvalue weighted by Crippen LogP contribution is 2.27. The van der Waals surface area contributed by atoms with Crippen LogP contribution in [0, 0.1) is 13.8 Å². The number of hydrogen-bond acceptors (Lipinski definition) is 3. The van der Waals surface area contributed by atoms with Crippen LogP contribution in [-0.2, 0) is 7.05 Å². The zero-order valence-corrected chi connectivity index (χ0v) is 11.6. The molecule has 0 unspecified atom stereocenters. The fourth-order valence-electron chi connectivity index (χ4n) is 1.67. The molecule has 5 heteroatoms. The van der Waals surface area contributed by atoms with Gasteiger partial charge in [-0.25, -0.2) is 0 Å². The molecular weight excluding hydrogens is 288 g/mol. The minimum atomic E-state index is 0.0463. The third-order valence-corrected chi connectivity index (χ3v) is 4.40. The fraction of sp³-hybridized carbons (Fsp3) is 0.273. The number of rotatable bonds is 2. The van der Waals surface area contributed by atoms with E-state index in [-0.39, 0.29) is 5.78 Å². The number of carbonyl (C=O) groups excluding carboxylic acids is 1. The summed E-state index contributed by atoms with van der Waals surface area (Å²) in [6.45, 7) is 3.77. The molecule has 0 aromatic carbocycles. The van der Waals surface area contributed by atoms with Gasteiger partial charge in [-0.05, 0) is 41.2 Å². The molecule has 0 aliphatic rings. The summed E-state index contributed by atoms with van der Waals surface area (Å²) in [6, 6.07) is 1.89. The second-order valence-electron chi connectivity index (χ2n) is 3.60. The largest absolute Gasteiger partial charge is 0.288 e. The Morgan fingerprint density at radius 3 is 2.62 bits per heavy atom. The lowest BCUT2D eigenvalue weighted by molar-refractivity contribution is 0.104. The topological polar surface area (TPSA) is 34.9 Å². The molecule has 84 valence electrons. The quantitative estimate of drug-likeness (QED) is 0.799. The van der Waals surface area contributed by atoms with Crippen molar-refractivity contribution in [2.45, 2.75) is 13.8 Å². The lowest BCUT2D eigenvalue weighted by Gasteiger charge is -1.99. The van der Waals surface area contributed by atoms with E-state index in [1.54, 1.807) is 4.68 Å². The van der Waals surface area contributed by atoms with Gasteiger partial charge in [-0.2, -0.15) is 5.10 Å². The van der Waals surface area contributed by atoms with Gasteiger partial charge in [-0.3, -0.25) is 9.48 Å². The molecule has 2 heterocycles. The van der Waals surface area contributed by atoms with E-state index in [0.717, 1.165) is 20.7 Å². The van der Waals surface area contributed by atoms with E-state index in [4.69, 9.17) is 0 Å². The first kappa shape index (κ1) is 11.5. The molecule has 0 bridgehead atoms. The summed E-state index contributed by atoms with van der Waals surface area (Å²) in [5.41, 5.74) is 2.40. The highest BCUT2D eigenvalue weighted by molar-refractivity contribution is 9.10. The standard InChI is InChI=1S/C11H11BrN2OS/c1-6-9(7(2)14(3)13-6)10(15)11-8(12)4-5-16-11/h4-5H,1-3H3. The first-order chi connectivity index (χ1) is 7.52. The second-order valence-corrected chi connectivity index (χ2v) is 5.37. The van der Waals surface area contributed by atoms with E-state index in [2.05, 4.69) is 21.0 Å². The monoisotopic (exact) mass is 298 g/mol. The molecule has 16 heavy (non-hydrogen) atoms. The third kappa shape index (κ3) is 1.74. The summed E-state index contributed by atoms with van der Waals surface area (Å²) < 4.78 is 2.59. The molecule has 0 spiro atoms. The van der Waals surface area contributed by atoms with Gasteiger partial charge in [-0.15, -0.1) is 11.3 Å². The van der Waals surface area contributed by atoms with Crippen molar-refractivity contribution in [1.82, 2.24) is 9.78 Å². The second kappa shape index (κ2) is 4.14. The van der Waals surface area contributed by atoms with E-state index in [0.29, 0.717) is 5.56 Å². The zero-order chi connectivity index (χ0) is 11.9. The van der Waals surface area contributed by atoms with Gasteiger partial charge in [0.2, 0.25) is 5.78 Å². The van der Waals surface area contributed by atoms with Crippen molar-refractivity contribution in [3.63, 3.8) is 0 Å². The van der Waals surface area contributed by atoms with E-state index < -0.39 is 0 Å². The summed E-state index contributed by atoms with van der Waals surface area (Å²) in [5.74, 6) is 0.0463. The van der Waals surface area contributed by atoms with Crippen molar-refractivity contribution in [2.75, 3.05) is 0 Å². The van der Waals surface area contributed by atoms with Gasteiger partial charge < -0.3 is 0 Å². The molecule has 0 fully saturated rings. The number of thiophene rings is 1. The molecule has 0 saturated carbocycles. The van der Waals surface area contributed by atoms with Crippen molar-refractivity contribution in [2.24, 2.45) is 7.05 Å². The number of nitrogens with zero attached hydrogens (tertiary/aromatic N) is 2. The molecule has 2 aromatic heterocycles. The van der Waals surface area contributed by atoms with Crippen LogP contribution in [0.2, 0.25) is 0 Å². The van der Waals surface area contributed by atoms with Crippen LogP contribution in [0.4, 0.5) is 0 Å². The number of aryl methyl sites for hydroxylation is 2. The van der Waals surface area contributed by atoms with E-state index in [9.17, 15) is 4.79 Å². The number of aromatic nitrogens is 2. The molecule has 0 atom stereocenters. The third-order valence-electron chi connectivity index (χ3n) is 2.56. The first-order valence-electron chi connectivity index (χ1n) is 4.80. The van der Waals surface area contributed by atoms with Crippen LogP contribution in [0.3, 0.4) is 0 Å². The highest BCUT2D eigenvalue weighted by Gasteiger charge is 2.21. The van der Waals surface area contributed by atoms with Crippen LogP contribution in [0.15, 0.2) is 15.9 Å². The van der Waals surface area contributed by atoms with E-state index in [1.807, 2.05) is 32.3 Å². The van der Waals surface area contributed by atoms with Gasteiger partial charge in [0.05, 0.1) is 16.1 Å². The SMILES string of the molecule is Cc1nn(C)c(C)c1C(=O)c1sccc1Br. The molecule has 0 radical (unpaired) electrons. The van der Waals surface area contributed by atoms with Crippen molar-refractivity contribution >= 4 is 33.0 Å². The molecule has 0 N–H and O–H groups in total. The Labute approximate surface area is 106 Å². The summed E-state index contributed by atoms with van der Waals surface area (Å²) in [4.78, 5) is 13.0. The Morgan fingerprint density at radius 2 is 2.19 bits per heavy atom. The Morgan fingerprint density at radius 1 is 1.50 bits per heavy atom. The minimum Gasteiger partial charge on any atom is -0.288 e. The number of halogens is 1. The number of hydrogen-bond donors (Lipinski definition) is 0. The average molecular weight is 299 g/mol. The van der Waals surface area contributed by atoms with Crippen LogP contribution in [-0.4, -0.2) is 15.6 Å². The zero-order valence-electron chi connectivity index (χ0n) is 9.24. The molecule has 2 aromatic rings. The molecular formula is C11H11BrN2OS.